The fourth-order valence-electron chi connectivity index (χ4n) is 4.45. The largest absolute Gasteiger partial charge is 0.0839 e. The summed E-state index contributed by atoms with van der Waals surface area (Å²) in [5.41, 5.74) is 4.71. The van der Waals surface area contributed by atoms with Crippen LogP contribution >= 0.6 is 0 Å². The predicted octanol–water partition coefficient (Wildman–Crippen LogP) is 5.44. The van der Waals surface area contributed by atoms with Crippen LogP contribution < -0.4 is 0 Å². The Morgan fingerprint density at radius 1 is 0.864 bits per heavy atom. The molecule has 2 unspecified atom stereocenters. The first-order valence-corrected chi connectivity index (χ1v) is 8.38. The van der Waals surface area contributed by atoms with Crippen molar-refractivity contribution >= 4 is 0 Å². The third-order valence-electron chi connectivity index (χ3n) is 5.42. The third-order valence-corrected chi connectivity index (χ3v) is 5.42. The van der Waals surface area contributed by atoms with Crippen molar-refractivity contribution in [1.82, 2.24) is 0 Å². The molecule has 0 radical (unpaired) electrons. The summed E-state index contributed by atoms with van der Waals surface area (Å²) < 4.78 is 0. The van der Waals surface area contributed by atoms with E-state index in [0.717, 1.165) is 6.42 Å². The molecule has 4 rings (SSSR count). The second-order valence-corrected chi connectivity index (χ2v) is 6.50. The molecule has 2 aromatic carbocycles. The van der Waals surface area contributed by atoms with Gasteiger partial charge in [-0.1, -0.05) is 78.9 Å². The van der Waals surface area contributed by atoms with Gasteiger partial charge < -0.3 is 0 Å². The highest BCUT2D eigenvalue weighted by molar-refractivity contribution is 5.48. The van der Waals surface area contributed by atoms with Gasteiger partial charge in [0.2, 0.25) is 0 Å². The Bertz CT molecular complexity index is 708. The zero-order valence-corrected chi connectivity index (χ0v) is 12.9. The Morgan fingerprint density at radius 3 is 2.50 bits per heavy atom. The maximum Gasteiger partial charge on any atom is 0.0271 e. The van der Waals surface area contributed by atoms with E-state index in [1.807, 2.05) is 0 Å². The summed E-state index contributed by atoms with van der Waals surface area (Å²) in [6.07, 6.45) is 14.1. The molecule has 0 aromatic heterocycles. The normalized spacial score (nSPS) is 26.6. The van der Waals surface area contributed by atoms with E-state index < -0.39 is 0 Å². The maximum atomic E-state index is 2.43. The second kappa shape index (κ2) is 5.61. The van der Waals surface area contributed by atoms with E-state index in [1.165, 1.54) is 24.8 Å². The van der Waals surface area contributed by atoms with E-state index in [9.17, 15) is 0 Å². The fourth-order valence-corrected chi connectivity index (χ4v) is 4.45. The molecule has 0 N–H and O–H groups in total. The molecule has 0 aliphatic heterocycles. The quantitative estimate of drug-likeness (QED) is 0.689. The van der Waals surface area contributed by atoms with Gasteiger partial charge >= 0.3 is 0 Å². The lowest BCUT2D eigenvalue weighted by Gasteiger charge is -2.45. The first-order chi connectivity index (χ1) is 10.9. The number of hydrogen-bond acceptors (Lipinski definition) is 0. The van der Waals surface area contributed by atoms with E-state index in [4.69, 9.17) is 0 Å². The molecule has 2 aromatic rings. The molecular weight excluding hydrogens is 264 g/mol. The average Bonchev–Trinajstić information content (AvgIpc) is 2.63. The predicted molar refractivity (Wildman–Crippen MR) is 93.0 cm³/mol. The zero-order valence-electron chi connectivity index (χ0n) is 12.9. The Morgan fingerprint density at radius 2 is 1.68 bits per heavy atom. The molecule has 0 fully saturated rings. The Kier molecular flexibility index (Phi) is 3.46. The molecule has 2 atom stereocenters. The van der Waals surface area contributed by atoms with E-state index >= 15 is 0 Å². The molecule has 0 bridgehead atoms. The molecule has 2 aliphatic rings. The van der Waals surface area contributed by atoms with Gasteiger partial charge in [0.25, 0.3) is 0 Å². The van der Waals surface area contributed by atoms with E-state index in [2.05, 4.69) is 78.9 Å². The fraction of sp³-hybridized carbons (Fsp3) is 0.273. The van der Waals surface area contributed by atoms with Crippen LogP contribution in [0, 0.1) is 5.92 Å². The van der Waals surface area contributed by atoms with Gasteiger partial charge in [0.1, 0.15) is 0 Å². The van der Waals surface area contributed by atoms with Gasteiger partial charge in [0, 0.05) is 5.41 Å². The summed E-state index contributed by atoms with van der Waals surface area (Å²) in [5.74, 6) is 0.557. The lowest BCUT2D eigenvalue weighted by molar-refractivity contribution is 0.328. The lowest BCUT2D eigenvalue weighted by atomic mass is 9.58. The van der Waals surface area contributed by atoms with Gasteiger partial charge in [-0.05, 0) is 48.3 Å². The molecule has 0 nitrogen and oxygen atoms in total. The van der Waals surface area contributed by atoms with Crippen molar-refractivity contribution in [2.24, 2.45) is 5.92 Å². The molecule has 0 saturated heterocycles. The van der Waals surface area contributed by atoms with Crippen molar-refractivity contribution in [3.8, 4) is 0 Å². The van der Waals surface area contributed by atoms with Gasteiger partial charge in [0.15, 0.2) is 0 Å². The zero-order chi connectivity index (χ0) is 14.8. The molecule has 0 heterocycles. The van der Waals surface area contributed by atoms with Crippen molar-refractivity contribution in [2.45, 2.75) is 31.1 Å². The lowest BCUT2D eigenvalue weighted by Crippen LogP contribution is -2.39. The first kappa shape index (κ1) is 13.6. The number of hydrogen-bond donors (Lipinski definition) is 0. The first-order valence-electron chi connectivity index (χ1n) is 8.38. The van der Waals surface area contributed by atoms with Crippen molar-refractivity contribution in [3.05, 3.63) is 95.6 Å². The summed E-state index contributed by atoms with van der Waals surface area (Å²) in [6, 6.07) is 20.3. The van der Waals surface area contributed by atoms with Gasteiger partial charge in [-0.3, -0.25) is 0 Å². The maximum absolute atomic E-state index is 2.43. The summed E-state index contributed by atoms with van der Waals surface area (Å²) in [5, 5.41) is 0. The van der Waals surface area contributed by atoms with Crippen molar-refractivity contribution in [2.75, 3.05) is 0 Å². The van der Waals surface area contributed by atoms with Crippen LogP contribution in [0.1, 0.15) is 36.0 Å². The number of rotatable bonds is 2. The standard InChI is InChI=1S/C22H22/c1-3-12-19(13-4-1)22(20-14-5-2-6-15-20)17-9-11-18-10-7-8-16-21(18)22/h1-8,10,12-14,16,20H,9,11,15,17H2. The van der Waals surface area contributed by atoms with Crippen LogP contribution in [0.3, 0.4) is 0 Å². The van der Waals surface area contributed by atoms with Crippen LogP contribution in [0.15, 0.2) is 78.9 Å². The number of allylic oxidation sites excluding steroid dienone is 4. The summed E-state index contributed by atoms with van der Waals surface area (Å²) in [6.45, 7) is 0. The van der Waals surface area contributed by atoms with Crippen LogP contribution in [-0.2, 0) is 11.8 Å². The summed E-state index contributed by atoms with van der Waals surface area (Å²) >= 11 is 0. The van der Waals surface area contributed by atoms with Crippen molar-refractivity contribution < 1.29 is 0 Å². The minimum absolute atomic E-state index is 0.136. The highest BCUT2D eigenvalue weighted by Gasteiger charge is 2.43. The molecule has 0 spiro atoms. The monoisotopic (exact) mass is 286 g/mol. The summed E-state index contributed by atoms with van der Waals surface area (Å²) in [7, 11) is 0. The van der Waals surface area contributed by atoms with Crippen LogP contribution in [0.2, 0.25) is 0 Å². The van der Waals surface area contributed by atoms with E-state index in [1.54, 1.807) is 11.1 Å². The Hall–Kier alpha value is -2.08. The third kappa shape index (κ3) is 2.06. The average molecular weight is 286 g/mol. The molecular formula is C22H22. The van der Waals surface area contributed by atoms with Crippen molar-refractivity contribution in [1.29, 1.82) is 0 Å². The molecule has 0 saturated carbocycles. The molecule has 0 amide bonds. The topological polar surface area (TPSA) is 0 Å². The van der Waals surface area contributed by atoms with Crippen LogP contribution in [0.4, 0.5) is 0 Å². The Labute approximate surface area is 133 Å². The van der Waals surface area contributed by atoms with Gasteiger partial charge in [-0.25, -0.2) is 0 Å². The Balaban J connectivity index is 1.94. The second-order valence-electron chi connectivity index (χ2n) is 6.50. The van der Waals surface area contributed by atoms with Crippen LogP contribution in [0.5, 0.6) is 0 Å². The van der Waals surface area contributed by atoms with E-state index in [0.29, 0.717) is 5.92 Å². The highest BCUT2D eigenvalue weighted by atomic mass is 14.5. The van der Waals surface area contributed by atoms with Gasteiger partial charge in [-0.2, -0.15) is 0 Å². The van der Waals surface area contributed by atoms with Gasteiger partial charge in [-0.15, -0.1) is 0 Å². The summed E-state index contributed by atoms with van der Waals surface area (Å²) in [4.78, 5) is 0. The molecule has 2 aliphatic carbocycles. The highest BCUT2D eigenvalue weighted by Crippen LogP contribution is 2.50. The van der Waals surface area contributed by atoms with Gasteiger partial charge in [0.05, 0.1) is 0 Å². The molecule has 110 valence electrons. The van der Waals surface area contributed by atoms with Crippen LogP contribution in [-0.4, -0.2) is 0 Å². The number of benzene rings is 2. The smallest absolute Gasteiger partial charge is 0.0271 e. The molecule has 22 heavy (non-hydrogen) atoms. The van der Waals surface area contributed by atoms with E-state index in [-0.39, 0.29) is 5.41 Å². The number of aryl methyl sites for hydroxylation is 1. The number of fused-ring (bicyclic) bond motifs is 1. The molecule has 0 heteroatoms. The van der Waals surface area contributed by atoms with Crippen LogP contribution in [0.25, 0.3) is 0 Å². The SMILES string of the molecule is C1=CCC(C2(c3ccccc3)CCCc3ccccc32)C=C1. The minimum Gasteiger partial charge on any atom is -0.0839 e. The minimum atomic E-state index is 0.136. The van der Waals surface area contributed by atoms with Crippen molar-refractivity contribution in [3.63, 3.8) is 0 Å².